The first-order valence-electron chi connectivity index (χ1n) is 7.27. The molecule has 0 aliphatic carbocycles. The summed E-state index contributed by atoms with van der Waals surface area (Å²) in [5, 5.41) is 6.06. The Balaban J connectivity index is 2.47. The van der Waals surface area contributed by atoms with Gasteiger partial charge in [-0.25, -0.2) is 4.79 Å². The summed E-state index contributed by atoms with van der Waals surface area (Å²) < 4.78 is 10.8. The van der Waals surface area contributed by atoms with Crippen LogP contribution in [-0.4, -0.2) is 30.9 Å². The Bertz CT molecular complexity index is 455. The molecule has 5 nitrogen and oxygen atoms in total. The lowest BCUT2D eigenvalue weighted by Crippen LogP contribution is -2.38. The van der Waals surface area contributed by atoms with E-state index in [2.05, 4.69) is 10.6 Å². The zero-order valence-corrected chi connectivity index (χ0v) is 13.5. The quantitative estimate of drug-likeness (QED) is 0.844. The minimum absolute atomic E-state index is 0.0547. The predicted octanol–water partition coefficient (Wildman–Crippen LogP) is 3.41. The molecule has 1 aromatic carbocycles. The van der Waals surface area contributed by atoms with Gasteiger partial charge in [0.15, 0.2) is 0 Å². The molecule has 1 aromatic rings. The SMILES string of the molecule is CCOc1ccccc1NC(C)CNC(=O)OC(C)(C)C. The first kappa shape index (κ1) is 17.1. The van der Waals surface area contributed by atoms with Gasteiger partial charge in [0.25, 0.3) is 0 Å². The minimum Gasteiger partial charge on any atom is -0.492 e. The normalized spacial score (nSPS) is 12.4. The molecule has 0 heterocycles. The zero-order valence-electron chi connectivity index (χ0n) is 13.5. The molecular formula is C16H26N2O3. The van der Waals surface area contributed by atoms with E-state index in [0.29, 0.717) is 13.2 Å². The smallest absolute Gasteiger partial charge is 0.407 e. The van der Waals surface area contributed by atoms with Crippen LogP contribution in [0.4, 0.5) is 10.5 Å². The van der Waals surface area contributed by atoms with E-state index in [9.17, 15) is 4.79 Å². The Hall–Kier alpha value is -1.91. The van der Waals surface area contributed by atoms with Crippen LogP contribution >= 0.6 is 0 Å². The lowest BCUT2D eigenvalue weighted by molar-refractivity contribution is 0.0526. The number of para-hydroxylation sites is 2. The second-order valence-electron chi connectivity index (χ2n) is 5.86. The van der Waals surface area contributed by atoms with Gasteiger partial charge < -0.3 is 20.1 Å². The van der Waals surface area contributed by atoms with E-state index in [1.165, 1.54) is 0 Å². The number of hydrogen-bond acceptors (Lipinski definition) is 4. The first-order valence-corrected chi connectivity index (χ1v) is 7.27. The fourth-order valence-corrected chi connectivity index (χ4v) is 1.73. The molecule has 0 fully saturated rings. The Kier molecular flexibility index (Phi) is 6.34. The molecule has 0 radical (unpaired) electrons. The van der Waals surface area contributed by atoms with Crippen LogP contribution in [0.25, 0.3) is 0 Å². The predicted molar refractivity (Wildman–Crippen MR) is 84.9 cm³/mol. The van der Waals surface area contributed by atoms with E-state index in [4.69, 9.17) is 9.47 Å². The van der Waals surface area contributed by atoms with E-state index in [0.717, 1.165) is 11.4 Å². The highest BCUT2D eigenvalue weighted by molar-refractivity contribution is 5.67. The Morgan fingerprint density at radius 1 is 1.29 bits per heavy atom. The van der Waals surface area contributed by atoms with Gasteiger partial charge in [-0.05, 0) is 46.8 Å². The number of benzene rings is 1. The van der Waals surface area contributed by atoms with E-state index in [-0.39, 0.29) is 6.04 Å². The molecule has 2 N–H and O–H groups in total. The van der Waals surface area contributed by atoms with Crippen LogP contribution in [-0.2, 0) is 4.74 Å². The lowest BCUT2D eigenvalue weighted by Gasteiger charge is -2.22. The van der Waals surface area contributed by atoms with Gasteiger partial charge in [-0.2, -0.15) is 0 Å². The Morgan fingerprint density at radius 3 is 2.57 bits per heavy atom. The van der Waals surface area contributed by atoms with Crippen molar-refractivity contribution in [1.82, 2.24) is 5.32 Å². The van der Waals surface area contributed by atoms with Crippen molar-refractivity contribution in [2.24, 2.45) is 0 Å². The van der Waals surface area contributed by atoms with Crippen LogP contribution in [0.15, 0.2) is 24.3 Å². The molecule has 1 atom stereocenters. The molecule has 0 aliphatic rings. The number of hydrogen-bond donors (Lipinski definition) is 2. The summed E-state index contributed by atoms with van der Waals surface area (Å²) in [6, 6.07) is 7.80. The van der Waals surface area contributed by atoms with Crippen molar-refractivity contribution in [1.29, 1.82) is 0 Å². The maximum absolute atomic E-state index is 11.6. The number of anilines is 1. The zero-order chi connectivity index (χ0) is 15.9. The van der Waals surface area contributed by atoms with Gasteiger partial charge in [-0.1, -0.05) is 12.1 Å². The van der Waals surface area contributed by atoms with E-state index < -0.39 is 11.7 Å². The van der Waals surface area contributed by atoms with Crippen LogP contribution in [0.1, 0.15) is 34.6 Å². The van der Waals surface area contributed by atoms with Gasteiger partial charge in [-0.15, -0.1) is 0 Å². The molecule has 0 aliphatic heterocycles. The summed E-state index contributed by atoms with van der Waals surface area (Å²) in [6.07, 6.45) is -0.408. The summed E-state index contributed by atoms with van der Waals surface area (Å²) in [5.41, 5.74) is 0.431. The van der Waals surface area contributed by atoms with E-state index in [1.807, 2.05) is 58.9 Å². The highest BCUT2D eigenvalue weighted by atomic mass is 16.6. The van der Waals surface area contributed by atoms with Crippen LogP contribution in [0.5, 0.6) is 5.75 Å². The number of ether oxygens (including phenoxy) is 2. The maximum atomic E-state index is 11.6. The van der Waals surface area contributed by atoms with Crippen LogP contribution in [0.2, 0.25) is 0 Å². The van der Waals surface area contributed by atoms with Crippen LogP contribution < -0.4 is 15.4 Å². The molecule has 0 saturated heterocycles. The lowest BCUT2D eigenvalue weighted by atomic mass is 10.2. The molecule has 0 spiro atoms. The summed E-state index contributed by atoms with van der Waals surface area (Å²) in [7, 11) is 0. The monoisotopic (exact) mass is 294 g/mol. The summed E-state index contributed by atoms with van der Waals surface area (Å²) >= 11 is 0. The molecule has 0 saturated carbocycles. The van der Waals surface area contributed by atoms with Crippen molar-refractivity contribution in [3.63, 3.8) is 0 Å². The standard InChI is InChI=1S/C16H26N2O3/c1-6-20-14-10-8-7-9-13(14)18-12(2)11-17-15(19)21-16(3,4)5/h7-10,12,18H,6,11H2,1-5H3,(H,17,19). The minimum atomic E-state index is -0.484. The molecule has 21 heavy (non-hydrogen) atoms. The number of amides is 1. The largest absolute Gasteiger partial charge is 0.492 e. The third-order valence-electron chi connectivity index (χ3n) is 2.54. The van der Waals surface area contributed by atoms with Gasteiger partial charge in [0.1, 0.15) is 11.4 Å². The second-order valence-corrected chi connectivity index (χ2v) is 5.86. The number of carbonyl (C=O) groups is 1. The van der Waals surface area contributed by atoms with Crippen molar-refractivity contribution in [2.45, 2.75) is 46.3 Å². The van der Waals surface area contributed by atoms with Gasteiger partial charge in [0.05, 0.1) is 12.3 Å². The topological polar surface area (TPSA) is 59.6 Å². The van der Waals surface area contributed by atoms with Crippen LogP contribution in [0.3, 0.4) is 0 Å². The van der Waals surface area contributed by atoms with Crippen molar-refractivity contribution < 1.29 is 14.3 Å². The maximum Gasteiger partial charge on any atom is 0.407 e. The van der Waals surface area contributed by atoms with Crippen molar-refractivity contribution >= 4 is 11.8 Å². The fourth-order valence-electron chi connectivity index (χ4n) is 1.73. The van der Waals surface area contributed by atoms with Crippen molar-refractivity contribution in [3.8, 4) is 5.75 Å². The van der Waals surface area contributed by atoms with Gasteiger partial charge in [0, 0.05) is 12.6 Å². The number of alkyl carbamates (subject to hydrolysis) is 1. The average molecular weight is 294 g/mol. The fraction of sp³-hybridized carbons (Fsp3) is 0.562. The number of carbonyl (C=O) groups excluding carboxylic acids is 1. The van der Waals surface area contributed by atoms with Crippen LogP contribution in [0, 0.1) is 0 Å². The molecule has 5 heteroatoms. The van der Waals surface area contributed by atoms with Gasteiger partial charge in [-0.3, -0.25) is 0 Å². The number of rotatable bonds is 6. The Labute approximate surface area is 127 Å². The van der Waals surface area contributed by atoms with Gasteiger partial charge in [0.2, 0.25) is 0 Å². The van der Waals surface area contributed by atoms with E-state index >= 15 is 0 Å². The second kappa shape index (κ2) is 7.76. The van der Waals surface area contributed by atoms with E-state index in [1.54, 1.807) is 0 Å². The van der Waals surface area contributed by atoms with Gasteiger partial charge >= 0.3 is 6.09 Å². The summed E-state index contributed by atoms with van der Waals surface area (Å²) in [6.45, 7) is 10.5. The number of nitrogens with one attached hydrogen (secondary N) is 2. The summed E-state index contributed by atoms with van der Waals surface area (Å²) in [4.78, 5) is 11.6. The van der Waals surface area contributed by atoms with Crippen molar-refractivity contribution in [2.75, 3.05) is 18.5 Å². The molecule has 1 rings (SSSR count). The summed E-state index contributed by atoms with van der Waals surface area (Å²) in [5.74, 6) is 0.809. The molecule has 1 amide bonds. The highest BCUT2D eigenvalue weighted by Gasteiger charge is 2.16. The molecule has 0 aromatic heterocycles. The third-order valence-corrected chi connectivity index (χ3v) is 2.54. The molecule has 118 valence electrons. The molecular weight excluding hydrogens is 268 g/mol. The third kappa shape index (κ3) is 6.88. The Morgan fingerprint density at radius 2 is 1.95 bits per heavy atom. The van der Waals surface area contributed by atoms with Crippen molar-refractivity contribution in [3.05, 3.63) is 24.3 Å². The molecule has 1 unspecified atom stereocenters. The first-order chi connectivity index (χ1) is 9.81. The average Bonchev–Trinajstić information content (AvgIpc) is 2.37. The molecule has 0 bridgehead atoms. The highest BCUT2D eigenvalue weighted by Crippen LogP contribution is 2.24.